The summed E-state index contributed by atoms with van der Waals surface area (Å²) in [5.41, 5.74) is 2.22. The summed E-state index contributed by atoms with van der Waals surface area (Å²) in [6, 6.07) is 18.1. The number of hydrogen-bond donors (Lipinski definition) is 0. The van der Waals surface area contributed by atoms with Crippen molar-refractivity contribution in [2.75, 3.05) is 7.05 Å². The molecule has 3 aromatic carbocycles. The monoisotopic (exact) mass is 480 g/mol. The zero-order valence-electron chi connectivity index (χ0n) is 16.6. The van der Waals surface area contributed by atoms with E-state index in [0.29, 0.717) is 27.8 Å². The highest BCUT2D eigenvalue weighted by molar-refractivity contribution is 9.10. The number of carbonyl (C=O) groups is 3. The molecule has 0 radical (unpaired) electrons. The number of fused-ring (bicyclic) bond motifs is 1. The van der Waals surface area contributed by atoms with Gasteiger partial charge >= 0.3 is 0 Å². The van der Waals surface area contributed by atoms with Gasteiger partial charge in [-0.15, -0.1) is 0 Å². The third-order valence-corrected chi connectivity index (χ3v) is 5.65. The van der Waals surface area contributed by atoms with Gasteiger partial charge in [0, 0.05) is 29.2 Å². The number of imide groups is 1. The molecule has 0 aromatic heterocycles. The van der Waals surface area contributed by atoms with Crippen molar-refractivity contribution in [1.82, 2.24) is 9.80 Å². The number of benzene rings is 3. The second-order valence-corrected chi connectivity index (χ2v) is 8.26. The Labute approximate surface area is 187 Å². The van der Waals surface area contributed by atoms with Crippen LogP contribution in [0.4, 0.5) is 4.39 Å². The minimum atomic E-state index is -0.387. The Balaban J connectivity index is 1.51. The van der Waals surface area contributed by atoms with Gasteiger partial charge in [0.15, 0.2) is 0 Å². The fraction of sp³-hybridized carbons (Fsp3) is 0.125. The van der Waals surface area contributed by atoms with E-state index in [1.54, 1.807) is 67.7 Å². The van der Waals surface area contributed by atoms with Crippen LogP contribution in [0.15, 0.2) is 71.2 Å². The topological polar surface area (TPSA) is 57.7 Å². The molecule has 0 spiro atoms. The number of rotatable bonds is 5. The maximum absolute atomic E-state index is 14.0. The molecule has 0 saturated carbocycles. The van der Waals surface area contributed by atoms with E-state index in [9.17, 15) is 18.8 Å². The standard InChI is InChI=1S/C24H18BrFN2O3/c1-27(14-17-12-18(25)9-10-21(17)26)22(29)16-6-4-5-15(11-16)13-28-23(30)19-7-2-3-8-20(19)24(28)31/h2-12H,13-14H2,1H3. The van der Waals surface area contributed by atoms with Crippen molar-refractivity contribution < 1.29 is 18.8 Å². The van der Waals surface area contributed by atoms with Crippen LogP contribution in [0.3, 0.4) is 0 Å². The van der Waals surface area contributed by atoms with Crippen LogP contribution in [-0.4, -0.2) is 34.6 Å². The number of halogens is 2. The summed E-state index contributed by atoms with van der Waals surface area (Å²) in [6.07, 6.45) is 0. The van der Waals surface area contributed by atoms with E-state index in [-0.39, 0.29) is 36.6 Å². The summed E-state index contributed by atoms with van der Waals surface area (Å²) in [4.78, 5) is 40.7. The average Bonchev–Trinajstić information content (AvgIpc) is 3.01. The number of hydrogen-bond acceptors (Lipinski definition) is 3. The molecule has 0 fully saturated rings. The van der Waals surface area contributed by atoms with Gasteiger partial charge in [-0.1, -0.05) is 40.2 Å². The van der Waals surface area contributed by atoms with Gasteiger partial charge in [-0.05, 0) is 48.0 Å². The first kappa shape index (κ1) is 20.9. The van der Waals surface area contributed by atoms with Crippen molar-refractivity contribution in [3.63, 3.8) is 0 Å². The van der Waals surface area contributed by atoms with E-state index >= 15 is 0 Å². The maximum atomic E-state index is 14.0. The molecule has 0 N–H and O–H groups in total. The highest BCUT2D eigenvalue weighted by Crippen LogP contribution is 2.25. The van der Waals surface area contributed by atoms with Crippen LogP contribution in [0.1, 0.15) is 42.2 Å². The fourth-order valence-electron chi connectivity index (χ4n) is 3.58. The number of nitrogens with zero attached hydrogens (tertiary/aromatic N) is 2. The van der Waals surface area contributed by atoms with Crippen molar-refractivity contribution in [1.29, 1.82) is 0 Å². The van der Waals surface area contributed by atoms with E-state index in [1.165, 1.54) is 15.9 Å². The van der Waals surface area contributed by atoms with Crippen LogP contribution >= 0.6 is 15.9 Å². The summed E-state index contributed by atoms with van der Waals surface area (Å²) < 4.78 is 14.8. The fourth-order valence-corrected chi connectivity index (χ4v) is 3.99. The molecule has 4 rings (SSSR count). The van der Waals surface area contributed by atoms with Gasteiger partial charge in [0.05, 0.1) is 17.7 Å². The minimum absolute atomic E-state index is 0.0669. The first-order valence-corrected chi connectivity index (χ1v) is 10.4. The maximum Gasteiger partial charge on any atom is 0.261 e. The average molecular weight is 481 g/mol. The van der Waals surface area contributed by atoms with Gasteiger partial charge in [-0.2, -0.15) is 0 Å². The Morgan fingerprint density at radius 1 is 0.968 bits per heavy atom. The summed E-state index contributed by atoms with van der Waals surface area (Å²) in [5, 5.41) is 0. The molecular formula is C24H18BrFN2O3. The van der Waals surface area contributed by atoms with E-state index < -0.39 is 0 Å². The first-order chi connectivity index (χ1) is 14.8. The number of carbonyl (C=O) groups excluding carboxylic acids is 3. The molecule has 1 aliphatic rings. The van der Waals surface area contributed by atoms with Crippen LogP contribution in [0.2, 0.25) is 0 Å². The molecule has 3 aromatic rings. The van der Waals surface area contributed by atoms with Crippen molar-refractivity contribution in [3.05, 3.63) is 105 Å². The quantitative estimate of drug-likeness (QED) is 0.499. The van der Waals surface area contributed by atoms with Crippen molar-refractivity contribution in [2.45, 2.75) is 13.1 Å². The normalized spacial score (nSPS) is 12.8. The molecule has 0 aliphatic carbocycles. The molecule has 31 heavy (non-hydrogen) atoms. The Morgan fingerprint density at radius 3 is 2.32 bits per heavy atom. The highest BCUT2D eigenvalue weighted by atomic mass is 79.9. The molecule has 7 heteroatoms. The predicted octanol–water partition coefficient (Wildman–Crippen LogP) is 4.66. The highest BCUT2D eigenvalue weighted by Gasteiger charge is 2.35. The van der Waals surface area contributed by atoms with Gasteiger partial charge in [0.25, 0.3) is 17.7 Å². The third-order valence-electron chi connectivity index (χ3n) is 5.15. The Bertz CT molecular complexity index is 1180. The first-order valence-electron chi connectivity index (χ1n) is 9.58. The van der Waals surface area contributed by atoms with Crippen molar-refractivity contribution >= 4 is 33.7 Å². The second-order valence-electron chi connectivity index (χ2n) is 7.34. The summed E-state index contributed by atoms with van der Waals surface area (Å²) in [5.74, 6) is -1.37. The van der Waals surface area contributed by atoms with Crippen LogP contribution in [0.25, 0.3) is 0 Å². The molecule has 156 valence electrons. The predicted molar refractivity (Wildman–Crippen MR) is 117 cm³/mol. The molecule has 0 bridgehead atoms. The molecule has 5 nitrogen and oxygen atoms in total. The molecular weight excluding hydrogens is 463 g/mol. The van der Waals surface area contributed by atoms with Gasteiger partial charge in [-0.25, -0.2) is 4.39 Å². The zero-order valence-corrected chi connectivity index (χ0v) is 18.2. The molecule has 1 heterocycles. The lowest BCUT2D eigenvalue weighted by atomic mass is 10.1. The molecule has 0 saturated heterocycles. The smallest absolute Gasteiger partial charge is 0.261 e. The molecule has 3 amide bonds. The molecule has 0 unspecified atom stereocenters. The lowest BCUT2D eigenvalue weighted by Crippen LogP contribution is -2.29. The summed E-state index contributed by atoms with van der Waals surface area (Å²) >= 11 is 3.31. The summed E-state index contributed by atoms with van der Waals surface area (Å²) in [6.45, 7) is 0.171. The Morgan fingerprint density at radius 2 is 1.65 bits per heavy atom. The Hall–Kier alpha value is -3.32. The zero-order chi connectivity index (χ0) is 22.1. The lowest BCUT2D eigenvalue weighted by molar-refractivity contribution is 0.0642. The number of amides is 3. The van der Waals surface area contributed by atoms with Crippen LogP contribution in [0, 0.1) is 5.82 Å². The van der Waals surface area contributed by atoms with Gasteiger partial charge in [0.2, 0.25) is 0 Å². The Kier molecular flexibility index (Phi) is 5.69. The van der Waals surface area contributed by atoms with Gasteiger partial charge in [-0.3, -0.25) is 19.3 Å². The van der Waals surface area contributed by atoms with Crippen LogP contribution in [-0.2, 0) is 13.1 Å². The summed E-state index contributed by atoms with van der Waals surface area (Å²) in [7, 11) is 1.60. The third kappa shape index (κ3) is 4.14. The van der Waals surface area contributed by atoms with Crippen molar-refractivity contribution in [3.8, 4) is 0 Å². The van der Waals surface area contributed by atoms with Gasteiger partial charge < -0.3 is 4.90 Å². The van der Waals surface area contributed by atoms with E-state index in [1.807, 2.05) is 0 Å². The largest absolute Gasteiger partial charge is 0.337 e. The van der Waals surface area contributed by atoms with Crippen LogP contribution in [0.5, 0.6) is 0 Å². The SMILES string of the molecule is CN(Cc1cc(Br)ccc1F)C(=O)c1cccc(CN2C(=O)c3ccccc3C2=O)c1. The van der Waals surface area contributed by atoms with E-state index in [0.717, 1.165) is 4.47 Å². The second kappa shape index (κ2) is 8.43. The molecule has 1 aliphatic heterocycles. The van der Waals surface area contributed by atoms with E-state index in [2.05, 4.69) is 15.9 Å². The van der Waals surface area contributed by atoms with E-state index in [4.69, 9.17) is 0 Å². The molecule has 0 atom stereocenters. The van der Waals surface area contributed by atoms with Crippen molar-refractivity contribution in [2.24, 2.45) is 0 Å². The lowest BCUT2D eigenvalue weighted by Gasteiger charge is -2.19. The van der Waals surface area contributed by atoms with Gasteiger partial charge in [0.1, 0.15) is 5.82 Å². The minimum Gasteiger partial charge on any atom is -0.337 e. The van der Waals surface area contributed by atoms with Crippen LogP contribution < -0.4 is 0 Å².